The SMILES string of the molecule is CCC(CC)N(CCOC)c1ccc(N)cc1C#N. The van der Waals surface area contributed by atoms with E-state index < -0.39 is 0 Å². The maximum atomic E-state index is 9.28. The summed E-state index contributed by atoms with van der Waals surface area (Å²) in [6.45, 7) is 5.75. The van der Waals surface area contributed by atoms with Crippen molar-refractivity contribution in [2.75, 3.05) is 30.9 Å². The molecule has 0 aliphatic heterocycles. The molecule has 0 bridgehead atoms. The number of methoxy groups -OCH3 is 1. The fourth-order valence-electron chi connectivity index (χ4n) is 2.31. The van der Waals surface area contributed by atoms with Crippen molar-refractivity contribution < 1.29 is 4.74 Å². The molecule has 0 fully saturated rings. The minimum atomic E-state index is 0.408. The molecular formula is C15H23N3O. The molecule has 19 heavy (non-hydrogen) atoms. The van der Waals surface area contributed by atoms with Crippen LogP contribution in [-0.4, -0.2) is 26.3 Å². The first kappa shape index (κ1) is 15.3. The van der Waals surface area contributed by atoms with Crippen molar-refractivity contribution in [3.63, 3.8) is 0 Å². The number of ether oxygens (including phenoxy) is 1. The molecule has 0 saturated carbocycles. The molecule has 1 rings (SSSR count). The van der Waals surface area contributed by atoms with E-state index in [1.807, 2.05) is 12.1 Å². The lowest BCUT2D eigenvalue weighted by Gasteiger charge is -2.33. The third-order valence-electron chi connectivity index (χ3n) is 3.37. The van der Waals surface area contributed by atoms with Crippen LogP contribution in [0.15, 0.2) is 18.2 Å². The van der Waals surface area contributed by atoms with E-state index >= 15 is 0 Å². The number of benzene rings is 1. The van der Waals surface area contributed by atoms with Crippen LogP contribution in [0.2, 0.25) is 0 Å². The van der Waals surface area contributed by atoms with Crippen LogP contribution in [0.5, 0.6) is 0 Å². The molecule has 4 heteroatoms. The van der Waals surface area contributed by atoms with Crippen molar-refractivity contribution >= 4 is 11.4 Å². The van der Waals surface area contributed by atoms with Crippen molar-refractivity contribution in [2.24, 2.45) is 0 Å². The van der Waals surface area contributed by atoms with Crippen molar-refractivity contribution in [2.45, 2.75) is 32.7 Å². The van der Waals surface area contributed by atoms with Gasteiger partial charge in [-0.25, -0.2) is 0 Å². The zero-order valence-electron chi connectivity index (χ0n) is 12.0. The lowest BCUT2D eigenvalue weighted by atomic mass is 10.1. The standard InChI is InChI=1S/C15H23N3O/c1-4-14(5-2)18(8-9-19-3)15-7-6-13(17)10-12(15)11-16/h6-7,10,14H,4-5,8-9,17H2,1-3H3. The highest BCUT2D eigenvalue weighted by Crippen LogP contribution is 2.26. The van der Waals surface area contributed by atoms with Crippen molar-refractivity contribution in [3.8, 4) is 6.07 Å². The molecule has 0 unspecified atom stereocenters. The molecule has 0 amide bonds. The molecule has 104 valence electrons. The quantitative estimate of drug-likeness (QED) is 0.767. The molecule has 0 aliphatic rings. The largest absolute Gasteiger partial charge is 0.399 e. The van der Waals surface area contributed by atoms with E-state index in [1.165, 1.54) is 0 Å². The number of nitrogen functional groups attached to an aromatic ring is 1. The molecule has 2 N–H and O–H groups in total. The number of nitriles is 1. The minimum absolute atomic E-state index is 0.408. The molecule has 0 aromatic heterocycles. The topological polar surface area (TPSA) is 62.3 Å². The summed E-state index contributed by atoms with van der Waals surface area (Å²) in [6, 6.07) is 8.15. The molecule has 0 aliphatic carbocycles. The van der Waals surface area contributed by atoms with Crippen LogP contribution >= 0.6 is 0 Å². The van der Waals surface area contributed by atoms with Gasteiger partial charge < -0.3 is 15.4 Å². The molecule has 1 aromatic rings. The summed E-state index contributed by atoms with van der Waals surface area (Å²) in [5, 5.41) is 9.28. The second-order valence-corrected chi connectivity index (χ2v) is 4.54. The first-order valence-corrected chi connectivity index (χ1v) is 6.73. The van der Waals surface area contributed by atoms with Gasteiger partial charge in [0.15, 0.2) is 0 Å². The summed E-state index contributed by atoms with van der Waals surface area (Å²) < 4.78 is 5.18. The summed E-state index contributed by atoms with van der Waals surface area (Å²) in [6.07, 6.45) is 2.07. The monoisotopic (exact) mass is 261 g/mol. The molecule has 4 nitrogen and oxygen atoms in total. The number of rotatable bonds is 7. The van der Waals surface area contributed by atoms with Crippen molar-refractivity contribution in [1.29, 1.82) is 5.26 Å². The Bertz CT molecular complexity index is 436. The number of nitrogens with two attached hydrogens (primary N) is 1. The highest BCUT2D eigenvalue weighted by atomic mass is 16.5. The Hall–Kier alpha value is -1.73. The fraction of sp³-hybridized carbons (Fsp3) is 0.533. The van der Waals surface area contributed by atoms with E-state index in [-0.39, 0.29) is 0 Å². The Labute approximate surface area is 115 Å². The lowest BCUT2D eigenvalue weighted by Crippen LogP contribution is -2.37. The van der Waals surface area contributed by atoms with Crippen LogP contribution in [0.3, 0.4) is 0 Å². The molecule has 0 spiro atoms. The second kappa shape index (κ2) is 7.65. The number of hydrogen-bond donors (Lipinski definition) is 1. The molecule has 0 saturated heterocycles. The van der Waals surface area contributed by atoms with E-state index in [9.17, 15) is 5.26 Å². The van der Waals surface area contributed by atoms with Crippen LogP contribution in [-0.2, 0) is 4.74 Å². The average molecular weight is 261 g/mol. The molecule has 0 radical (unpaired) electrons. The van der Waals surface area contributed by atoms with Gasteiger partial charge in [-0.2, -0.15) is 5.26 Å². The first-order chi connectivity index (χ1) is 9.17. The summed E-state index contributed by atoms with van der Waals surface area (Å²) in [7, 11) is 1.69. The summed E-state index contributed by atoms with van der Waals surface area (Å²) in [5.41, 5.74) is 7.95. The van der Waals surface area contributed by atoms with Gasteiger partial charge in [0.2, 0.25) is 0 Å². The lowest BCUT2D eigenvalue weighted by molar-refractivity contribution is 0.202. The highest BCUT2D eigenvalue weighted by Gasteiger charge is 2.18. The van der Waals surface area contributed by atoms with Gasteiger partial charge in [-0.05, 0) is 31.0 Å². The minimum Gasteiger partial charge on any atom is -0.399 e. The van der Waals surface area contributed by atoms with Crippen LogP contribution in [0, 0.1) is 11.3 Å². The van der Waals surface area contributed by atoms with Crippen LogP contribution in [0.1, 0.15) is 32.3 Å². The summed E-state index contributed by atoms with van der Waals surface area (Å²) in [4.78, 5) is 2.25. The number of anilines is 2. The van der Waals surface area contributed by atoms with E-state index in [4.69, 9.17) is 10.5 Å². The second-order valence-electron chi connectivity index (χ2n) is 4.54. The van der Waals surface area contributed by atoms with Gasteiger partial charge in [0.1, 0.15) is 6.07 Å². The zero-order chi connectivity index (χ0) is 14.3. The van der Waals surface area contributed by atoms with Gasteiger partial charge >= 0.3 is 0 Å². The van der Waals surface area contributed by atoms with E-state index in [2.05, 4.69) is 24.8 Å². The third-order valence-corrected chi connectivity index (χ3v) is 3.37. The van der Waals surface area contributed by atoms with Crippen molar-refractivity contribution in [3.05, 3.63) is 23.8 Å². The highest BCUT2D eigenvalue weighted by molar-refractivity contribution is 5.64. The zero-order valence-corrected chi connectivity index (χ0v) is 12.0. The summed E-state index contributed by atoms with van der Waals surface area (Å²) in [5.74, 6) is 0. The predicted octanol–water partition coefficient (Wildman–Crippen LogP) is 2.78. The Morgan fingerprint density at radius 2 is 2.05 bits per heavy atom. The number of hydrogen-bond acceptors (Lipinski definition) is 4. The molecule has 0 heterocycles. The normalized spacial score (nSPS) is 10.5. The predicted molar refractivity (Wildman–Crippen MR) is 79.2 cm³/mol. The van der Waals surface area contributed by atoms with Crippen LogP contribution < -0.4 is 10.6 Å². The van der Waals surface area contributed by atoms with Crippen LogP contribution in [0.4, 0.5) is 11.4 Å². The van der Waals surface area contributed by atoms with Gasteiger partial charge in [-0.3, -0.25) is 0 Å². The van der Waals surface area contributed by atoms with Gasteiger partial charge in [-0.1, -0.05) is 13.8 Å². The Balaban J connectivity index is 3.12. The van der Waals surface area contributed by atoms with Gasteiger partial charge in [0.25, 0.3) is 0 Å². The Morgan fingerprint density at radius 3 is 2.58 bits per heavy atom. The number of nitrogens with zero attached hydrogens (tertiary/aromatic N) is 2. The maximum absolute atomic E-state index is 9.28. The van der Waals surface area contributed by atoms with Gasteiger partial charge in [-0.15, -0.1) is 0 Å². The van der Waals surface area contributed by atoms with Crippen LogP contribution in [0.25, 0.3) is 0 Å². The van der Waals surface area contributed by atoms with E-state index in [1.54, 1.807) is 13.2 Å². The third kappa shape index (κ3) is 3.87. The molecule has 0 atom stereocenters. The van der Waals surface area contributed by atoms with Gasteiger partial charge in [0.05, 0.1) is 17.9 Å². The van der Waals surface area contributed by atoms with E-state index in [0.717, 1.165) is 25.1 Å². The van der Waals surface area contributed by atoms with E-state index in [0.29, 0.717) is 23.9 Å². The summed E-state index contributed by atoms with van der Waals surface area (Å²) >= 11 is 0. The Kier molecular flexibility index (Phi) is 6.17. The molecule has 1 aromatic carbocycles. The van der Waals surface area contributed by atoms with Gasteiger partial charge in [0, 0.05) is 25.4 Å². The first-order valence-electron chi connectivity index (χ1n) is 6.73. The fourth-order valence-corrected chi connectivity index (χ4v) is 2.31. The average Bonchev–Trinajstić information content (AvgIpc) is 2.43. The Morgan fingerprint density at radius 1 is 1.37 bits per heavy atom. The molecular weight excluding hydrogens is 238 g/mol. The smallest absolute Gasteiger partial charge is 0.101 e. The maximum Gasteiger partial charge on any atom is 0.101 e. The van der Waals surface area contributed by atoms with Crippen molar-refractivity contribution in [1.82, 2.24) is 0 Å².